The molecule has 0 spiro atoms. The quantitative estimate of drug-likeness (QED) is 0.528. The van der Waals surface area contributed by atoms with Gasteiger partial charge in [-0.15, -0.1) is 0 Å². The van der Waals surface area contributed by atoms with E-state index in [9.17, 15) is 13.2 Å². The van der Waals surface area contributed by atoms with Gasteiger partial charge in [-0.25, -0.2) is 8.42 Å². The Labute approximate surface area is 185 Å². The first kappa shape index (κ1) is 19.6. The normalized spacial score (nSPS) is 13.1. The number of aliphatic carboxylic acids is 1. The summed E-state index contributed by atoms with van der Waals surface area (Å²) in [5.74, 6) is -0.619. The van der Waals surface area contributed by atoms with E-state index in [4.69, 9.17) is 28.2 Å². The summed E-state index contributed by atoms with van der Waals surface area (Å²) in [6, 6.07) is 7.13. The molecule has 0 heterocycles. The average Bonchev–Trinajstić information content (AvgIpc) is 2.75. The van der Waals surface area contributed by atoms with Crippen LogP contribution >= 0.6 is 0 Å². The van der Waals surface area contributed by atoms with Crippen molar-refractivity contribution in [2.45, 2.75) is 5.75 Å². The summed E-state index contributed by atoms with van der Waals surface area (Å²) in [5.41, 5.74) is 0.706. The highest BCUT2D eigenvalue weighted by molar-refractivity contribution is 7.93. The van der Waals surface area contributed by atoms with Crippen molar-refractivity contribution in [1.82, 2.24) is 0 Å². The lowest BCUT2D eigenvalue weighted by atomic mass is 10.1. The molecule has 0 aliphatic carbocycles. The molecule has 0 saturated heterocycles. The van der Waals surface area contributed by atoms with E-state index < -0.39 is 35.1 Å². The number of nitrogens with one attached hydrogen (secondary N) is 1. The number of carboxylic acid groups (broad SMARTS) is 1. The predicted octanol–water partition coefficient (Wildman–Crippen LogP) is 2.80. The van der Waals surface area contributed by atoms with Crippen LogP contribution in [0.4, 0.5) is 5.69 Å². The SMILES string of the molecule is [2H]C([2H])([2H])Oc1ccc(CS(=O)(=O)/C=C/c2c(OC)cc(OC)cc2OC)cc1NCC(=O)O. The zero-order chi connectivity index (χ0) is 25.5. The average molecular weight is 455 g/mol. The molecular formula is C21H25NO8S. The third-order valence-corrected chi connectivity index (χ3v) is 5.43. The van der Waals surface area contributed by atoms with Gasteiger partial charge >= 0.3 is 5.97 Å². The number of anilines is 1. The lowest BCUT2D eigenvalue weighted by Crippen LogP contribution is -2.13. The Morgan fingerprint density at radius 2 is 1.74 bits per heavy atom. The Balaban J connectivity index is 2.35. The van der Waals surface area contributed by atoms with Crippen molar-refractivity contribution in [1.29, 1.82) is 0 Å². The first-order valence-electron chi connectivity index (χ1n) is 10.4. The number of sulfone groups is 1. The second-order valence-corrected chi connectivity index (χ2v) is 8.12. The summed E-state index contributed by atoms with van der Waals surface area (Å²) in [7, 11) is -2.26. The highest BCUT2D eigenvalue weighted by Gasteiger charge is 2.15. The van der Waals surface area contributed by atoms with E-state index in [2.05, 4.69) is 5.32 Å². The van der Waals surface area contributed by atoms with E-state index in [0.29, 0.717) is 22.8 Å². The van der Waals surface area contributed by atoms with Crippen LogP contribution in [0.15, 0.2) is 35.7 Å². The molecule has 0 atom stereocenters. The van der Waals surface area contributed by atoms with Crippen LogP contribution in [0.3, 0.4) is 0 Å². The fourth-order valence-corrected chi connectivity index (χ4v) is 3.80. The predicted molar refractivity (Wildman–Crippen MR) is 117 cm³/mol. The van der Waals surface area contributed by atoms with E-state index in [0.717, 1.165) is 5.41 Å². The third-order valence-electron chi connectivity index (χ3n) is 4.15. The number of carbonyl (C=O) groups is 1. The van der Waals surface area contributed by atoms with Crippen molar-refractivity contribution in [2.75, 3.05) is 40.2 Å². The summed E-state index contributed by atoms with van der Waals surface area (Å²) in [5, 5.41) is 12.4. The van der Waals surface area contributed by atoms with Crippen LogP contribution in [0.5, 0.6) is 23.0 Å². The molecule has 10 heteroatoms. The van der Waals surface area contributed by atoms with Gasteiger partial charge in [0.15, 0.2) is 9.84 Å². The maximum Gasteiger partial charge on any atom is 0.322 e. The van der Waals surface area contributed by atoms with Crippen LogP contribution in [-0.2, 0) is 20.4 Å². The molecule has 2 aromatic carbocycles. The second-order valence-electron chi connectivity index (χ2n) is 6.24. The van der Waals surface area contributed by atoms with E-state index in [1.54, 1.807) is 12.1 Å². The Hall–Kier alpha value is -3.40. The van der Waals surface area contributed by atoms with Crippen LogP contribution in [0.25, 0.3) is 6.08 Å². The number of hydrogen-bond acceptors (Lipinski definition) is 8. The largest absolute Gasteiger partial charge is 0.496 e. The summed E-state index contributed by atoms with van der Waals surface area (Å²) in [4.78, 5) is 10.9. The number of hydrogen-bond donors (Lipinski definition) is 2. The molecule has 0 bridgehead atoms. The minimum atomic E-state index is -3.81. The van der Waals surface area contributed by atoms with Crippen LogP contribution in [0.2, 0.25) is 0 Å². The molecule has 0 aromatic heterocycles. The van der Waals surface area contributed by atoms with Gasteiger partial charge in [-0.3, -0.25) is 4.79 Å². The van der Waals surface area contributed by atoms with E-state index in [-0.39, 0.29) is 17.0 Å². The van der Waals surface area contributed by atoms with Crippen molar-refractivity contribution in [2.24, 2.45) is 0 Å². The minimum Gasteiger partial charge on any atom is -0.496 e. The van der Waals surface area contributed by atoms with Crippen molar-refractivity contribution in [3.63, 3.8) is 0 Å². The van der Waals surface area contributed by atoms with Crippen molar-refractivity contribution in [3.8, 4) is 23.0 Å². The molecule has 0 fully saturated rings. The van der Waals surface area contributed by atoms with Gasteiger partial charge in [0.1, 0.15) is 29.5 Å². The first-order valence-corrected chi connectivity index (χ1v) is 10.6. The summed E-state index contributed by atoms with van der Waals surface area (Å²) in [6.45, 7) is -0.523. The zero-order valence-corrected chi connectivity index (χ0v) is 18.0. The molecule has 9 nitrogen and oxygen atoms in total. The Morgan fingerprint density at radius 1 is 1.06 bits per heavy atom. The summed E-state index contributed by atoms with van der Waals surface area (Å²) < 4.78 is 67.9. The number of rotatable bonds is 11. The number of ether oxygens (including phenoxy) is 4. The third kappa shape index (κ3) is 6.54. The van der Waals surface area contributed by atoms with Gasteiger partial charge in [0.2, 0.25) is 0 Å². The zero-order valence-electron chi connectivity index (χ0n) is 20.2. The Bertz CT molecular complexity index is 1140. The second kappa shape index (κ2) is 10.6. The molecular weight excluding hydrogens is 426 g/mol. The summed E-state index contributed by atoms with van der Waals surface area (Å²) in [6.07, 6.45) is 1.34. The van der Waals surface area contributed by atoms with Crippen LogP contribution < -0.4 is 24.3 Å². The first-order chi connectivity index (χ1) is 15.9. The number of carboxylic acids is 1. The monoisotopic (exact) mass is 454 g/mol. The molecule has 2 aromatic rings. The van der Waals surface area contributed by atoms with E-state index in [1.165, 1.54) is 45.6 Å². The van der Waals surface area contributed by atoms with Crippen LogP contribution in [0, 0.1) is 0 Å². The maximum absolute atomic E-state index is 12.8. The fourth-order valence-electron chi connectivity index (χ4n) is 2.71. The molecule has 2 rings (SSSR count). The highest BCUT2D eigenvalue weighted by Crippen LogP contribution is 2.35. The van der Waals surface area contributed by atoms with Gasteiger partial charge < -0.3 is 29.4 Å². The molecule has 0 radical (unpaired) electrons. The van der Waals surface area contributed by atoms with Gasteiger partial charge in [-0.1, -0.05) is 6.07 Å². The van der Waals surface area contributed by atoms with Gasteiger partial charge in [0.05, 0.1) is 49.5 Å². The summed E-state index contributed by atoms with van der Waals surface area (Å²) >= 11 is 0. The molecule has 31 heavy (non-hydrogen) atoms. The molecule has 0 amide bonds. The van der Waals surface area contributed by atoms with Crippen molar-refractivity contribution < 1.29 is 41.4 Å². The molecule has 2 N–H and O–H groups in total. The van der Waals surface area contributed by atoms with Gasteiger partial charge in [-0.05, 0) is 23.8 Å². The molecule has 0 unspecified atom stereocenters. The topological polar surface area (TPSA) is 120 Å². The fraction of sp³-hybridized carbons (Fsp3) is 0.286. The number of benzene rings is 2. The van der Waals surface area contributed by atoms with Crippen molar-refractivity contribution >= 4 is 27.6 Å². The molecule has 0 aliphatic heterocycles. The highest BCUT2D eigenvalue weighted by atomic mass is 32.2. The van der Waals surface area contributed by atoms with Gasteiger partial charge in [0.25, 0.3) is 0 Å². The lowest BCUT2D eigenvalue weighted by molar-refractivity contribution is -0.134. The Kier molecular flexibility index (Phi) is 6.67. The molecule has 0 aliphatic rings. The standard InChI is InChI=1S/C21H25NO8S/c1-27-15-10-19(29-3)16(20(11-15)30-4)7-8-31(25,26)13-14-5-6-18(28-2)17(9-14)22-12-21(23)24/h5-11,22H,12-13H2,1-4H3,(H,23,24)/b8-7+/i2D3. The maximum atomic E-state index is 12.8. The van der Waals surface area contributed by atoms with Crippen LogP contribution in [0.1, 0.15) is 15.2 Å². The van der Waals surface area contributed by atoms with Gasteiger partial charge in [0, 0.05) is 17.5 Å². The Morgan fingerprint density at radius 3 is 2.29 bits per heavy atom. The lowest BCUT2D eigenvalue weighted by Gasteiger charge is -2.13. The van der Waals surface area contributed by atoms with E-state index >= 15 is 0 Å². The smallest absolute Gasteiger partial charge is 0.322 e. The van der Waals surface area contributed by atoms with Crippen molar-refractivity contribution in [3.05, 3.63) is 46.9 Å². The minimum absolute atomic E-state index is 0.0358. The van der Waals surface area contributed by atoms with Gasteiger partial charge in [-0.2, -0.15) is 0 Å². The molecule has 0 saturated carbocycles. The number of methoxy groups -OCH3 is 4. The van der Waals surface area contributed by atoms with E-state index in [1.807, 2.05) is 0 Å². The van der Waals surface area contributed by atoms with Crippen LogP contribution in [-0.4, -0.2) is 54.4 Å². The molecule has 168 valence electrons.